The predicted molar refractivity (Wildman–Crippen MR) is 56.0 cm³/mol. The van der Waals surface area contributed by atoms with Gasteiger partial charge in [0, 0.05) is 5.54 Å². The first-order chi connectivity index (χ1) is 6.56. The standard InChI is InChI=1S/C11H21NO2/c1-2-3-6-11(12,8-10(13)14)7-9-4-5-9/h9H,2-8,12H2,1H3,(H,13,14). The van der Waals surface area contributed by atoms with Crippen molar-refractivity contribution in [3.8, 4) is 0 Å². The molecule has 3 nitrogen and oxygen atoms in total. The Morgan fingerprint density at radius 3 is 2.64 bits per heavy atom. The SMILES string of the molecule is CCCCC(N)(CC(=O)O)CC1CC1. The zero-order valence-corrected chi connectivity index (χ0v) is 8.96. The van der Waals surface area contributed by atoms with Gasteiger partial charge >= 0.3 is 5.97 Å². The fourth-order valence-corrected chi connectivity index (χ4v) is 1.99. The maximum Gasteiger partial charge on any atom is 0.305 e. The molecule has 0 spiro atoms. The van der Waals surface area contributed by atoms with E-state index in [1.807, 2.05) is 0 Å². The molecule has 0 radical (unpaired) electrons. The topological polar surface area (TPSA) is 63.3 Å². The Labute approximate surface area is 85.7 Å². The Morgan fingerprint density at radius 2 is 2.21 bits per heavy atom. The van der Waals surface area contributed by atoms with Crippen molar-refractivity contribution in [2.75, 3.05) is 0 Å². The fraction of sp³-hybridized carbons (Fsp3) is 0.909. The third kappa shape index (κ3) is 4.09. The van der Waals surface area contributed by atoms with Crippen LogP contribution in [0.25, 0.3) is 0 Å². The van der Waals surface area contributed by atoms with Crippen LogP contribution < -0.4 is 5.73 Å². The lowest BCUT2D eigenvalue weighted by Crippen LogP contribution is -2.42. The van der Waals surface area contributed by atoms with Gasteiger partial charge in [-0.15, -0.1) is 0 Å². The Bertz CT molecular complexity index is 201. The van der Waals surface area contributed by atoms with Gasteiger partial charge < -0.3 is 10.8 Å². The first-order valence-corrected chi connectivity index (χ1v) is 5.56. The molecular weight excluding hydrogens is 178 g/mol. The number of carbonyl (C=O) groups is 1. The monoisotopic (exact) mass is 199 g/mol. The summed E-state index contributed by atoms with van der Waals surface area (Å²) in [5, 5.41) is 8.80. The molecule has 1 fully saturated rings. The highest BCUT2D eigenvalue weighted by atomic mass is 16.4. The lowest BCUT2D eigenvalue weighted by molar-refractivity contribution is -0.138. The molecule has 0 saturated heterocycles. The van der Waals surface area contributed by atoms with E-state index in [2.05, 4.69) is 6.92 Å². The van der Waals surface area contributed by atoms with Gasteiger partial charge in [0.1, 0.15) is 0 Å². The lowest BCUT2D eigenvalue weighted by Gasteiger charge is -2.27. The van der Waals surface area contributed by atoms with Crippen LogP contribution in [0.2, 0.25) is 0 Å². The van der Waals surface area contributed by atoms with Crippen molar-refractivity contribution in [1.29, 1.82) is 0 Å². The molecule has 0 aliphatic heterocycles. The van der Waals surface area contributed by atoms with E-state index in [1.54, 1.807) is 0 Å². The summed E-state index contributed by atoms with van der Waals surface area (Å²) in [5.41, 5.74) is 5.70. The normalized spacial score (nSPS) is 20.4. The molecule has 0 amide bonds. The first kappa shape index (κ1) is 11.5. The van der Waals surface area contributed by atoms with Gasteiger partial charge in [-0.2, -0.15) is 0 Å². The van der Waals surface area contributed by atoms with E-state index in [0.29, 0.717) is 5.92 Å². The quantitative estimate of drug-likeness (QED) is 0.660. The molecule has 3 N–H and O–H groups in total. The molecule has 1 unspecified atom stereocenters. The van der Waals surface area contributed by atoms with E-state index in [4.69, 9.17) is 10.8 Å². The van der Waals surface area contributed by atoms with Crippen molar-refractivity contribution in [2.45, 2.75) is 57.4 Å². The Hall–Kier alpha value is -0.570. The van der Waals surface area contributed by atoms with Crippen LogP contribution in [0, 0.1) is 5.92 Å². The van der Waals surface area contributed by atoms with Crippen molar-refractivity contribution < 1.29 is 9.90 Å². The molecule has 1 atom stereocenters. The summed E-state index contributed by atoms with van der Waals surface area (Å²) in [7, 11) is 0. The van der Waals surface area contributed by atoms with Crippen LogP contribution in [0.4, 0.5) is 0 Å². The van der Waals surface area contributed by atoms with E-state index in [-0.39, 0.29) is 6.42 Å². The van der Waals surface area contributed by atoms with Gasteiger partial charge in [-0.05, 0) is 18.8 Å². The minimum atomic E-state index is -0.760. The van der Waals surface area contributed by atoms with Gasteiger partial charge in [-0.25, -0.2) is 0 Å². The third-order valence-corrected chi connectivity index (χ3v) is 2.92. The Balaban J connectivity index is 2.42. The summed E-state index contributed by atoms with van der Waals surface area (Å²) in [6.07, 6.45) is 6.49. The maximum atomic E-state index is 10.7. The number of unbranched alkanes of at least 4 members (excludes halogenated alkanes) is 1. The van der Waals surface area contributed by atoms with Gasteiger partial charge in [0.25, 0.3) is 0 Å². The molecule has 14 heavy (non-hydrogen) atoms. The third-order valence-electron chi connectivity index (χ3n) is 2.92. The molecule has 1 aliphatic rings. The van der Waals surface area contributed by atoms with Crippen LogP contribution >= 0.6 is 0 Å². The average Bonchev–Trinajstić information content (AvgIpc) is 2.83. The van der Waals surface area contributed by atoms with Crippen LogP contribution in [0.15, 0.2) is 0 Å². The van der Waals surface area contributed by atoms with Crippen LogP contribution in [-0.4, -0.2) is 16.6 Å². The second kappa shape index (κ2) is 4.78. The van der Waals surface area contributed by atoms with E-state index < -0.39 is 11.5 Å². The van der Waals surface area contributed by atoms with Crippen molar-refractivity contribution in [1.82, 2.24) is 0 Å². The number of rotatable bonds is 7. The minimum Gasteiger partial charge on any atom is -0.481 e. The second-order valence-corrected chi connectivity index (χ2v) is 4.68. The van der Waals surface area contributed by atoms with E-state index in [1.165, 1.54) is 12.8 Å². The summed E-state index contributed by atoms with van der Waals surface area (Å²) >= 11 is 0. The van der Waals surface area contributed by atoms with Crippen molar-refractivity contribution >= 4 is 5.97 Å². The number of carboxylic acids is 1. The molecule has 82 valence electrons. The van der Waals surface area contributed by atoms with Crippen LogP contribution in [0.1, 0.15) is 51.9 Å². The van der Waals surface area contributed by atoms with Gasteiger partial charge in [0.05, 0.1) is 6.42 Å². The fourth-order valence-electron chi connectivity index (χ4n) is 1.99. The number of carboxylic acid groups (broad SMARTS) is 1. The van der Waals surface area contributed by atoms with Crippen LogP contribution in [0.3, 0.4) is 0 Å². The molecule has 1 rings (SSSR count). The van der Waals surface area contributed by atoms with Crippen molar-refractivity contribution in [3.05, 3.63) is 0 Å². The lowest BCUT2D eigenvalue weighted by atomic mass is 9.85. The van der Waals surface area contributed by atoms with Crippen LogP contribution in [0.5, 0.6) is 0 Å². The largest absolute Gasteiger partial charge is 0.481 e. The Kier molecular flexibility index (Phi) is 3.93. The molecule has 0 aromatic heterocycles. The van der Waals surface area contributed by atoms with Gasteiger partial charge in [-0.3, -0.25) is 4.79 Å². The molecule has 0 aromatic carbocycles. The highest BCUT2D eigenvalue weighted by molar-refractivity contribution is 5.68. The summed E-state index contributed by atoms with van der Waals surface area (Å²) in [6, 6.07) is 0. The van der Waals surface area contributed by atoms with Gasteiger partial charge in [-0.1, -0.05) is 32.6 Å². The summed E-state index contributed by atoms with van der Waals surface area (Å²) in [4.78, 5) is 10.7. The molecule has 1 aliphatic carbocycles. The zero-order valence-electron chi connectivity index (χ0n) is 8.96. The van der Waals surface area contributed by atoms with Crippen molar-refractivity contribution in [3.63, 3.8) is 0 Å². The van der Waals surface area contributed by atoms with Crippen LogP contribution in [-0.2, 0) is 4.79 Å². The predicted octanol–water partition coefficient (Wildman–Crippen LogP) is 2.15. The molecule has 3 heteroatoms. The molecular formula is C11H21NO2. The Morgan fingerprint density at radius 1 is 1.57 bits per heavy atom. The molecule has 0 bridgehead atoms. The summed E-state index contributed by atoms with van der Waals surface area (Å²) < 4.78 is 0. The van der Waals surface area contributed by atoms with Gasteiger partial charge in [0.15, 0.2) is 0 Å². The summed E-state index contributed by atoms with van der Waals surface area (Å²) in [6.45, 7) is 2.11. The zero-order chi connectivity index (χ0) is 10.6. The minimum absolute atomic E-state index is 0.128. The molecule has 0 aromatic rings. The summed E-state index contributed by atoms with van der Waals surface area (Å²) in [5.74, 6) is -0.0551. The number of hydrogen-bond acceptors (Lipinski definition) is 2. The number of aliphatic carboxylic acids is 1. The van der Waals surface area contributed by atoms with Crippen molar-refractivity contribution in [2.24, 2.45) is 11.7 Å². The molecule has 0 heterocycles. The number of nitrogens with two attached hydrogens (primary N) is 1. The highest BCUT2D eigenvalue weighted by Crippen LogP contribution is 2.38. The average molecular weight is 199 g/mol. The smallest absolute Gasteiger partial charge is 0.305 e. The molecule has 1 saturated carbocycles. The van der Waals surface area contributed by atoms with E-state index in [9.17, 15) is 4.79 Å². The first-order valence-electron chi connectivity index (χ1n) is 5.56. The van der Waals surface area contributed by atoms with Gasteiger partial charge in [0.2, 0.25) is 0 Å². The number of hydrogen-bond donors (Lipinski definition) is 2. The maximum absolute atomic E-state index is 10.7. The second-order valence-electron chi connectivity index (χ2n) is 4.68. The highest BCUT2D eigenvalue weighted by Gasteiger charge is 2.34. The van der Waals surface area contributed by atoms with E-state index in [0.717, 1.165) is 25.7 Å². The van der Waals surface area contributed by atoms with E-state index >= 15 is 0 Å².